The molecule has 5 rings (SSSR count). The van der Waals surface area contributed by atoms with E-state index in [-0.39, 0.29) is 16.6 Å². The van der Waals surface area contributed by atoms with E-state index in [2.05, 4.69) is 46.8 Å². The van der Waals surface area contributed by atoms with Gasteiger partial charge in [0.25, 0.3) is 5.91 Å². The number of allylic oxidation sites excluding steroid dienone is 1. The smallest absolute Gasteiger partial charge is 0.258 e. The van der Waals surface area contributed by atoms with Crippen molar-refractivity contribution in [1.82, 2.24) is 15.1 Å². The van der Waals surface area contributed by atoms with Crippen LogP contribution in [0.1, 0.15) is 41.9 Å². The average molecular weight is 445 g/mol. The van der Waals surface area contributed by atoms with Gasteiger partial charge < -0.3 is 9.64 Å². The Kier molecular flexibility index (Phi) is 4.98. The second-order valence-corrected chi connectivity index (χ2v) is 10.0. The number of carbonyl (C=O) groups is 1. The molecule has 0 aliphatic carbocycles. The van der Waals surface area contributed by atoms with Crippen LogP contribution in [0.5, 0.6) is 5.75 Å². The first-order chi connectivity index (χ1) is 15.4. The molecule has 0 saturated heterocycles. The van der Waals surface area contributed by atoms with E-state index >= 15 is 0 Å². The Morgan fingerprint density at radius 2 is 2.22 bits per heavy atom. The van der Waals surface area contributed by atoms with E-state index in [1.165, 1.54) is 0 Å². The Morgan fingerprint density at radius 1 is 1.38 bits per heavy atom. The van der Waals surface area contributed by atoms with E-state index in [1.807, 2.05) is 25.1 Å². The van der Waals surface area contributed by atoms with Crippen molar-refractivity contribution in [1.29, 1.82) is 5.26 Å². The first-order valence-electron chi connectivity index (χ1n) is 10.7. The molecule has 0 fully saturated rings. The average Bonchev–Trinajstić information content (AvgIpc) is 3.51. The van der Waals surface area contributed by atoms with Gasteiger partial charge in [0, 0.05) is 18.5 Å². The Balaban J connectivity index is 1.61. The minimum absolute atomic E-state index is 0.0601. The molecule has 1 amide bonds. The number of aromatic nitrogens is 2. The second-order valence-electron chi connectivity index (χ2n) is 8.64. The van der Waals surface area contributed by atoms with E-state index in [9.17, 15) is 10.1 Å². The lowest BCUT2D eigenvalue weighted by atomic mass is 9.93. The molecule has 1 aromatic heterocycles. The topological polar surface area (TPSA) is 82.0 Å². The van der Waals surface area contributed by atoms with E-state index < -0.39 is 0 Å². The third-order valence-electron chi connectivity index (χ3n) is 6.38. The van der Waals surface area contributed by atoms with Gasteiger partial charge in [0.05, 0.1) is 40.6 Å². The van der Waals surface area contributed by atoms with Crippen LogP contribution in [0.4, 0.5) is 0 Å². The summed E-state index contributed by atoms with van der Waals surface area (Å²) < 4.78 is 5.46. The zero-order valence-electron chi connectivity index (χ0n) is 18.3. The summed E-state index contributed by atoms with van der Waals surface area (Å²) >= 11 is 1.81. The molecule has 162 valence electrons. The first kappa shape index (κ1) is 20.7. The third-order valence-corrected chi connectivity index (χ3v) is 7.60. The molecule has 2 aromatic carbocycles. The maximum Gasteiger partial charge on any atom is 0.258 e. The highest BCUT2D eigenvalue weighted by Gasteiger charge is 2.35. The molecule has 0 saturated carbocycles. The zero-order valence-corrected chi connectivity index (χ0v) is 19.1. The van der Waals surface area contributed by atoms with E-state index in [1.54, 1.807) is 23.8 Å². The van der Waals surface area contributed by atoms with Gasteiger partial charge in [-0.25, -0.2) is 0 Å². The van der Waals surface area contributed by atoms with E-state index in [0.29, 0.717) is 24.4 Å². The number of ether oxygens (including phenoxy) is 1. The molecule has 0 radical (unpaired) electrons. The van der Waals surface area contributed by atoms with E-state index in [0.717, 1.165) is 39.7 Å². The molecule has 2 unspecified atom stereocenters. The van der Waals surface area contributed by atoms with Crippen LogP contribution in [-0.2, 0) is 11.3 Å². The predicted molar refractivity (Wildman–Crippen MR) is 126 cm³/mol. The normalized spacial score (nSPS) is 20.6. The molecular formula is C25H24N4O2S. The van der Waals surface area contributed by atoms with Gasteiger partial charge in [-0.15, -0.1) is 11.8 Å². The number of aromatic amines is 1. The fourth-order valence-corrected chi connectivity index (χ4v) is 5.63. The van der Waals surface area contributed by atoms with Crippen molar-refractivity contribution < 1.29 is 9.53 Å². The van der Waals surface area contributed by atoms with Crippen molar-refractivity contribution in [2.75, 3.05) is 13.7 Å². The van der Waals surface area contributed by atoms with Gasteiger partial charge >= 0.3 is 0 Å². The van der Waals surface area contributed by atoms with Crippen LogP contribution in [0.15, 0.2) is 41.8 Å². The van der Waals surface area contributed by atoms with Gasteiger partial charge in [-0.2, -0.15) is 10.4 Å². The standard InChI is InChI=1S/C25H24N4O2S/c1-15(12-26)13-29-14-19-17(6-8-21(31-3)22(19)24(29)30)16-5-7-20-18(11-16)23(28-27-20)25(2)9-4-10-32-25/h4-8,10-11,15H,9,13-14H2,1-3H3,(H,27,28). The van der Waals surface area contributed by atoms with Crippen LogP contribution in [0, 0.1) is 17.2 Å². The number of nitriles is 1. The quantitative estimate of drug-likeness (QED) is 0.583. The molecule has 6 nitrogen and oxygen atoms in total. The fourth-order valence-electron chi connectivity index (χ4n) is 4.67. The Bertz CT molecular complexity index is 1300. The Labute approximate surface area is 191 Å². The number of nitrogens with zero attached hydrogens (tertiary/aromatic N) is 3. The summed E-state index contributed by atoms with van der Waals surface area (Å²) in [4.78, 5) is 14.9. The highest BCUT2D eigenvalue weighted by molar-refractivity contribution is 8.03. The van der Waals surface area contributed by atoms with Gasteiger partial charge in [-0.3, -0.25) is 9.89 Å². The molecule has 0 spiro atoms. The summed E-state index contributed by atoms with van der Waals surface area (Å²) in [6, 6.07) is 12.4. The molecular weight excluding hydrogens is 420 g/mol. The monoisotopic (exact) mass is 444 g/mol. The number of hydrogen-bond acceptors (Lipinski definition) is 5. The third kappa shape index (κ3) is 3.18. The molecule has 32 heavy (non-hydrogen) atoms. The summed E-state index contributed by atoms with van der Waals surface area (Å²) in [6.07, 6.45) is 3.15. The number of fused-ring (bicyclic) bond motifs is 2. The molecule has 3 aromatic rings. The highest BCUT2D eigenvalue weighted by atomic mass is 32.2. The molecule has 2 aliphatic heterocycles. The number of methoxy groups -OCH3 is 1. The zero-order chi connectivity index (χ0) is 22.5. The number of thioether (sulfide) groups is 1. The van der Waals surface area contributed by atoms with Gasteiger partial charge in [-0.1, -0.05) is 18.2 Å². The second kappa shape index (κ2) is 7.72. The van der Waals surface area contributed by atoms with Crippen molar-refractivity contribution in [2.45, 2.75) is 31.6 Å². The number of rotatable bonds is 5. The van der Waals surface area contributed by atoms with Crippen LogP contribution >= 0.6 is 11.8 Å². The summed E-state index contributed by atoms with van der Waals surface area (Å²) in [6.45, 7) is 4.94. The minimum Gasteiger partial charge on any atom is -0.496 e. The molecule has 3 heterocycles. The summed E-state index contributed by atoms with van der Waals surface area (Å²) in [7, 11) is 1.58. The molecule has 7 heteroatoms. The number of hydrogen-bond donors (Lipinski definition) is 1. The van der Waals surface area contributed by atoms with Crippen LogP contribution in [0.25, 0.3) is 22.0 Å². The lowest BCUT2D eigenvalue weighted by Gasteiger charge is -2.21. The molecule has 2 atom stereocenters. The number of H-pyrrole nitrogens is 1. The number of carbonyl (C=O) groups excluding carboxylic acids is 1. The highest BCUT2D eigenvalue weighted by Crippen LogP contribution is 2.47. The largest absolute Gasteiger partial charge is 0.496 e. The number of nitrogens with one attached hydrogen (secondary N) is 1. The van der Waals surface area contributed by atoms with Gasteiger partial charge in [-0.05, 0) is 60.6 Å². The van der Waals surface area contributed by atoms with Gasteiger partial charge in [0.15, 0.2) is 0 Å². The molecule has 0 bridgehead atoms. The number of amides is 1. The lowest BCUT2D eigenvalue weighted by Crippen LogP contribution is -2.28. The first-order valence-corrected chi connectivity index (χ1v) is 11.5. The van der Waals surface area contributed by atoms with Gasteiger partial charge in [0.2, 0.25) is 0 Å². The summed E-state index contributed by atoms with van der Waals surface area (Å²) in [5, 5.41) is 20.3. The van der Waals surface area contributed by atoms with Crippen molar-refractivity contribution in [3.05, 3.63) is 58.6 Å². The Morgan fingerprint density at radius 3 is 2.94 bits per heavy atom. The molecule has 1 N–H and O–H groups in total. The lowest BCUT2D eigenvalue weighted by molar-refractivity contribution is 0.0764. The summed E-state index contributed by atoms with van der Waals surface area (Å²) in [5.41, 5.74) is 5.66. The van der Waals surface area contributed by atoms with Crippen LogP contribution < -0.4 is 4.74 Å². The van der Waals surface area contributed by atoms with Crippen LogP contribution in [0.3, 0.4) is 0 Å². The van der Waals surface area contributed by atoms with Gasteiger partial charge in [0.1, 0.15) is 5.75 Å². The minimum atomic E-state index is -0.231. The van der Waals surface area contributed by atoms with E-state index in [4.69, 9.17) is 4.74 Å². The SMILES string of the molecule is COc1ccc(-c2ccc3n[nH]c(C4(C)CC=CS4)c3c2)c2c1C(=O)N(CC(C)C#N)C2. The Hall–Kier alpha value is -3.24. The summed E-state index contributed by atoms with van der Waals surface area (Å²) in [5.74, 6) is 0.268. The maximum atomic E-state index is 13.2. The number of benzene rings is 2. The predicted octanol–water partition coefficient (Wildman–Crippen LogP) is 5.22. The van der Waals surface area contributed by atoms with Crippen molar-refractivity contribution in [3.63, 3.8) is 0 Å². The maximum absolute atomic E-state index is 13.2. The van der Waals surface area contributed by atoms with Crippen LogP contribution in [0.2, 0.25) is 0 Å². The van der Waals surface area contributed by atoms with Crippen molar-refractivity contribution in [2.24, 2.45) is 5.92 Å². The fraction of sp³-hybridized carbons (Fsp3) is 0.320. The van der Waals surface area contributed by atoms with Crippen molar-refractivity contribution >= 4 is 28.6 Å². The van der Waals surface area contributed by atoms with Crippen molar-refractivity contribution in [3.8, 4) is 22.9 Å². The van der Waals surface area contributed by atoms with Crippen LogP contribution in [-0.4, -0.2) is 34.7 Å². The molecule has 2 aliphatic rings.